The summed E-state index contributed by atoms with van der Waals surface area (Å²) in [6.07, 6.45) is 1.41. The molecule has 2 N–H and O–H groups in total. The van der Waals surface area contributed by atoms with Gasteiger partial charge < -0.3 is 20.3 Å². The van der Waals surface area contributed by atoms with Crippen molar-refractivity contribution >= 4 is 40.5 Å². The predicted molar refractivity (Wildman–Crippen MR) is 134 cm³/mol. The van der Waals surface area contributed by atoms with E-state index in [0.29, 0.717) is 13.0 Å². The molecule has 0 fully saturated rings. The van der Waals surface area contributed by atoms with Crippen LogP contribution in [-0.4, -0.2) is 30.6 Å². The number of nitrogens with zero attached hydrogens (tertiary/aromatic N) is 1. The molecule has 7 heteroatoms. The fraction of sp³-hybridized carbons (Fsp3) is 0.400. The molecule has 0 radical (unpaired) electrons. The summed E-state index contributed by atoms with van der Waals surface area (Å²) in [5.74, 6) is 0.697. The molecule has 0 bridgehead atoms. The second-order valence-corrected chi connectivity index (χ2v) is 9.05. The Bertz CT molecular complexity index is 971. The molecule has 0 saturated carbocycles. The van der Waals surface area contributed by atoms with Crippen LogP contribution in [0.4, 0.5) is 11.4 Å². The normalized spacial score (nSPS) is 10.9. The highest BCUT2D eigenvalue weighted by Gasteiger charge is 2.27. The summed E-state index contributed by atoms with van der Waals surface area (Å²) in [5.41, 5.74) is 3.18. The van der Waals surface area contributed by atoms with Crippen LogP contribution in [0.2, 0.25) is 0 Å². The average Bonchev–Trinajstić information content (AvgIpc) is 2.73. The third-order valence-electron chi connectivity index (χ3n) is 5.37. The Hall–Kier alpha value is -2.93. The third-order valence-corrected chi connectivity index (χ3v) is 5.58. The molecule has 0 aromatic heterocycles. The van der Waals surface area contributed by atoms with Gasteiger partial charge in [-0.3, -0.25) is 9.59 Å². The van der Waals surface area contributed by atoms with E-state index in [2.05, 4.69) is 16.7 Å². The van der Waals surface area contributed by atoms with Gasteiger partial charge in [-0.15, -0.1) is 0 Å². The summed E-state index contributed by atoms with van der Waals surface area (Å²) in [6.45, 7) is 9.91. The summed E-state index contributed by atoms with van der Waals surface area (Å²) in [4.78, 5) is 25.7. The van der Waals surface area contributed by atoms with Crippen molar-refractivity contribution in [1.29, 1.82) is 0 Å². The van der Waals surface area contributed by atoms with E-state index < -0.39 is 5.41 Å². The number of aryl methyl sites for hydroxylation is 2. The van der Waals surface area contributed by atoms with Crippen molar-refractivity contribution in [2.45, 2.75) is 47.5 Å². The number of amides is 2. The third kappa shape index (κ3) is 7.34. The number of nitrogens with one attached hydrogen (secondary N) is 2. The second-order valence-electron chi connectivity index (χ2n) is 8.64. The van der Waals surface area contributed by atoms with Crippen molar-refractivity contribution in [3.63, 3.8) is 0 Å². The quantitative estimate of drug-likeness (QED) is 0.434. The molecule has 0 unspecified atom stereocenters. The highest BCUT2D eigenvalue weighted by molar-refractivity contribution is 7.80. The first kappa shape index (κ1) is 25.3. The van der Waals surface area contributed by atoms with Gasteiger partial charge in [-0.2, -0.15) is 0 Å². The van der Waals surface area contributed by atoms with E-state index in [-0.39, 0.29) is 16.9 Å². The molecular formula is C25H33N3O3S. The van der Waals surface area contributed by atoms with E-state index in [4.69, 9.17) is 17.0 Å². The van der Waals surface area contributed by atoms with E-state index in [0.717, 1.165) is 34.7 Å². The van der Waals surface area contributed by atoms with E-state index >= 15 is 0 Å². The highest BCUT2D eigenvalue weighted by atomic mass is 32.1. The van der Waals surface area contributed by atoms with Gasteiger partial charge in [-0.25, -0.2) is 0 Å². The van der Waals surface area contributed by atoms with E-state index in [1.54, 1.807) is 11.9 Å². The zero-order chi connectivity index (χ0) is 23.9. The number of thiocarbonyl (C=S) groups is 1. The number of carbonyl (C=O) groups is 2. The molecule has 2 rings (SSSR count). The minimum absolute atomic E-state index is 0.0462. The van der Waals surface area contributed by atoms with Gasteiger partial charge in [-0.05, 0) is 80.4 Å². The van der Waals surface area contributed by atoms with Gasteiger partial charge in [-0.1, -0.05) is 26.0 Å². The number of carbonyl (C=O) groups excluding carboxylic acids is 2. The number of hydrogen-bond donors (Lipinski definition) is 2. The average molecular weight is 456 g/mol. The summed E-state index contributed by atoms with van der Waals surface area (Å²) in [5, 5.41) is 6.03. The molecule has 0 aliphatic heterocycles. The molecule has 2 aromatic carbocycles. The first-order valence-electron chi connectivity index (χ1n) is 10.7. The Morgan fingerprint density at radius 1 is 1.09 bits per heavy atom. The first-order valence-corrected chi connectivity index (χ1v) is 11.1. The van der Waals surface area contributed by atoms with Gasteiger partial charge in [0.05, 0.1) is 6.61 Å². The standard InChI is InChI=1S/C25H33N3O3S/c1-17-8-9-18(2)22(16-17)31-15-7-14-25(4,5)23(30)27-24(32)26-20-10-12-21(13-11-20)28(6)19(3)29/h8-13,16H,7,14-15H2,1-6H3,(H2,26,27,30,32). The fourth-order valence-corrected chi connectivity index (χ4v) is 3.27. The molecule has 2 amide bonds. The van der Waals surface area contributed by atoms with Crippen LogP contribution < -0.4 is 20.3 Å². The SMILES string of the molecule is CC(=O)N(C)c1ccc(NC(=S)NC(=O)C(C)(C)CCCOc2cc(C)ccc2C)cc1. The Kier molecular flexibility index (Phi) is 8.78. The zero-order valence-corrected chi connectivity index (χ0v) is 20.6. The molecule has 0 spiro atoms. The molecule has 0 atom stereocenters. The summed E-state index contributed by atoms with van der Waals surface area (Å²) < 4.78 is 5.90. The van der Waals surface area contributed by atoms with Gasteiger partial charge >= 0.3 is 0 Å². The molecule has 2 aromatic rings. The number of hydrogen-bond acceptors (Lipinski definition) is 4. The summed E-state index contributed by atoms with van der Waals surface area (Å²) >= 11 is 5.30. The minimum Gasteiger partial charge on any atom is -0.493 e. The van der Waals surface area contributed by atoms with Crippen LogP contribution in [0.15, 0.2) is 42.5 Å². The Morgan fingerprint density at radius 2 is 1.75 bits per heavy atom. The molecule has 0 aliphatic rings. The van der Waals surface area contributed by atoms with Crippen LogP contribution in [0.25, 0.3) is 0 Å². The highest BCUT2D eigenvalue weighted by Crippen LogP contribution is 2.24. The predicted octanol–water partition coefficient (Wildman–Crippen LogP) is 4.98. The molecule has 0 aliphatic carbocycles. The van der Waals surface area contributed by atoms with Gasteiger partial charge in [0.15, 0.2) is 5.11 Å². The van der Waals surface area contributed by atoms with Gasteiger partial charge in [0, 0.05) is 30.8 Å². The number of benzene rings is 2. The van der Waals surface area contributed by atoms with Crippen LogP contribution in [0, 0.1) is 19.3 Å². The van der Waals surface area contributed by atoms with Crippen molar-refractivity contribution < 1.29 is 14.3 Å². The monoisotopic (exact) mass is 455 g/mol. The maximum absolute atomic E-state index is 12.7. The van der Waals surface area contributed by atoms with E-state index in [9.17, 15) is 9.59 Å². The molecule has 0 heterocycles. The Morgan fingerprint density at radius 3 is 2.38 bits per heavy atom. The minimum atomic E-state index is -0.592. The van der Waals surface area contributed by atoms with Gasteiger partial charge in [0.25, 0.3) is 0 Å². The first-order chi connectivity index (χ1) is 15.0. The second kappa shape index (κ2) is 11.1. The molecule has 172 valence electrons. The lowest BCUT2D eigenvalue weighted by atomic mass is 9.87. The van der Waals surface area contributed by atoms with E-state index in [1.165, 1.54) is 6.92 Å². The summed E-state index contributed by atoms with van der Waals surface area (Å²) in [6, 6.07) is 13.4. The van der Waals surface area contributed by atoms with Crippen molar-refractivity contribution in [2.75, 3.05) is 23.9 Å². The van der Waals surface area contributed by atoms with Crippen LogP contribution in [0.5, 0.6) is 5.75 Å². The lowest BCUT2D eigenvalue weighted by molar-refractivity contribution is -0.128. The number of rotatable bonds is 8. The fourth-order valence-electron chi connectivity index (χ4n) is 3.06. The van der Waals surface area contributed by atoms with Crippen LogP contribution in [0.3, 0.4) is 0 Å². The largest absolute Gasteiger partial charge is 0.493 e. The van der Waals surface area contributed by atoms with Crippen molar-refractivity contribution in [3.8, 4) is 5.75 Å². The number of ether oxygens (including phenoxy) is 1. The van der Waals surface area contributed by atoms with Crippen LogP contribution >= 0.6 is 12.2 Å². The molecule has 32 heavy (non-hydrogen) atoms. The van der Waals surface area contributed by atoms with E-state index in [1.807, 2.05) is 64.1 Å². The summed E-state index contributed by atoms with van der Waals surface area (Å²) in [7, 11) is 1.71. The lowest BCUT2D eigenvalue weighted by Crippen LogP contribution is -2.42. The molecule has 0 saturated heterocycles. The maximum Gasteiger partial charge on any atom is 0.231 e. The number of anilines is 2. The lowest BCUT2D eigenvalue weighted by Gasteiger charge is -2.24. The molecular weight excluding hydrogens is 422 g/mol. The van der Waals surface area contributed by atoms with Crippen LogP contribution in [-0.2, 0) is 9.59 Å². The maximum atomic E-state index is 12.7. The van der Waals surface area contributed by atoms with Crippen molar-refractivity contribution in [3.05, 3.63) is 53.6 Å². The molecule has 6 nitrogen and oxygen atoms in total. The van der Waals surface area contributed by atoms with Crippen molar-refractivity contribution in [1.82, 2.24) is 5.32 Å². The smallest absolute Gasteiger partial charge is 0.231 e. The van der Waals surface area contributed by atoms with Crippen LogP contribution in [0.1, 0.15) is 44.7 Å². The topological polar surface area (TPSA) is 70.7 Å². The Balaban J connectivity index is 1.81. The van der Waals surface area contributed by atoms with Gasteiger partial charge in [0.2, 0.25) is 11.8 Å². The Labute approximate surface area is 196 Å². The van der Waals surface area contributed by atoms with Gasteiger partial charge in [0.1, 0.15) is 5.75 Å². The zero-order valence-electron chi connectivity index (χ0n) is 19.7. The van der Waals surface area contributed by atoms with Crippen molar-refractivity contribution in [2.24, 2.45) is 5.41 Å².